The maximum absolute atomic E-state index is 12.9. The van der Waals surface area contributed by atoms with Crippen molar-refractivity contribution in [3.8, 4) is 0 Å². The predicted molar refractivity (Wildman–Crippen MR) is 100 cm³/mol. The normalized spacial score (nSPS) is 24.9. The summed E-state index contributed by atoms with van der Waals surface area (Å²) in [4.78, 5) is 34.0. The maximum Gasteiger partial charge on any atom is 0.226 e. The van der Waals surface area contributed by atoms with Crippen LogP contribution < -0.4 is 5.32 Å². The van der Waals surface area contributed by atoms with E-state index in [0.29, 0.717) is 31.5 Å². The van der Waals surface area contributed by atoms with E-state index in [-0.39, 0.29) is 18.2 Å². The molecule has 0 radical (unpaired) electrons. The summed E-state index contributed by atoms with van der Waals surface area (Å²) in [5.41, 5.74) is 1.70. The van der Waals surface area contributed by atoms with Crippen LogP contribution in [-0.2, 0) is 16.0 Å². The molecule has 2 amide bonds. The van der Waals surface area contributed by atoms with Crippen LogP contribution in [0.4, 0.5) is 0 Å². The fourth-order valence-corrected chi connectivity index (χ4v) is 4.59. The van der Waals surface area contributed by atoms with E-state index in [4.69, 9.17) is 0 Å². The summed E-state index contributed by atoms with van der Waals surface area (Å²) < 4.78 is 0. The molecular weight excluding hydrogens is 328 g/mol. The van der Waals surface area contributed by atoms with Crippen LogP contribution >= 0.6 is 0 Å². The van der Waals surface area contributed by atoms with E-state index in [2.05, 4.69) is 15.3 Å². The van der Waals surface area contributed by atoms with Gasteiger partial charge in [0, 0.05) is 31.2 Å². The van der Waals surface area contributed by atoms with E-state index >= 15 is 0 Å². The molecule has 0 bridgehead atoms. The van der Waals surface area contributed by atoms with Crippen molar-refractivity contribution in [3.05, 3.63) is 17.7 Å². The van der Waals surface area contributed by atoms with Gasteiger partial charge in [-0.25, -0.2) is 4.98 Å². The first-order chi connectivity index (χ1) is 12.6. The van der Waals surface area contributed by atoms with E-state index in [0.717, 1.165) is 23.7 Å². The Balaban J connectivity index is 1.43. The molecular formula is C20H32N4O2. The number of aryl methyl sites for hydroxylation is 1. The van der Waals surface area contributed by atoms with E-state index < -0.39 is 0 Å². The van der Waals surface area contributed by atoms with Crippen LogP contribution in [0.3, 0.4) is 0 Å². The summed E-state index contributed by atoms with van der Waals surface area (Å²) in [7, 11) is 0. The number of carbonyl (C=O) groups excluding carboxylic acids is 2. The molecule has 0 spiro atoms. The zero-order chi connectivity index (χ0) is 18.5. The number of aromatic nitrogens is 2. The largest absolute Gasteiger partial charge is 0.354 e. The molecule has 2 aliphatic carbocycles. The van der Waals surface area contributed by atoms with Gasteiger partial charge in [-0.3, -0.25) is 9.59 Å². The minimum atomic E-state index is -0.0452. The summed E-state index contributed by atoms with van der Waals surface area (Å²) >= 11 is 0. The maximum atomic E-state index is 12.9. The lowest BCUT2D eigenvalue weighted by Gasteiger charge is -2.45. The molecule has 2 aliphatic rings. The first-order valence-corrected chi connectivity index (χ1v) is 10.1. The number of rotatable bonds is 7. The Kier molecular flexibility index (Phi) is 6.33. The molecule has 1 heterocycles. The van der Waals surface area contributed by atoms with Gasteiger partial charge in [0.25, 0.3) is 0 Å². The van der Waals surface area contributed by atoms with Crippen LogP contribution in [-0.4, -0.2) is 46.3 Å². The number of amides is 2. The number of fused-ring (bicyclic) bond motifs is 1. The fraction of sp³-hybridized carbons (Fsp3) is 0.750. The van der Waals surface area contributed by atoms with Crippen molar-refractivity contribution in [1.29, 1.82) is 0 Å². The Morgan fingerprint density at radius 1 is 1.31 bits per heavy atom. The molecule has 6 nitrogen and oxygen atoms in total. The lowest BCUT2D eigenvalue weighted by Crippen LogP contribution is -2.49. The number of H-pyrrole nitrogens is 1. The highest BCUT2D eigenvalue weighted by molar-refractivity contribution is 5.80. The minimum Gasteiger partial charge on any atom is -0.354 e. The highest BCUT2D eigenvalue weighted by Gasteiger charge is 2.45. The van der Waals surface area contributed by atoms with Gasteiger partial charge in [-0.1, -0.05) is 25.7 Å². The lowest BCUT2D eigenvalue weighted by molar-refractivity contribution is -0.144. The Hall–Kier alpha value is -1.85. The third kappa shape index (κ3) is 4.27. The standard InChI is InChI=1S/C20H32N4O2/c1-3-24(10-9-21-19(25)12-18-14(2)22-13-23-18)20(26)17-11-15-7-5-4-6-8-16(15)17/h13,15-17H,3-12H2,1-2H3,(H,21,25)(H,22,23)/t15-,16-,17+/m0/s1. The summed E-state index contributed by atoms with van der Waals surface area (Å²) in [5.74, 6) is 1.86. The Morgan fingerprint density at radius 3 is 2.85 bits per heavy atom. The second kappa shape index (κ2) is 8.69. The van der Waals surface area contributed by atoms with Crippen molar-refractivity contribution < 1.29 is 9.59 Å². The average molecular weight is 361 g/mol. The van der Waals surface area contributed by atoms with E-state index in [9.17, 15) is 9.59 Å². The molecule has 3 rings (SSSR count). The van der Waals surface area contributed by atoms with Crippen molar-refractivity contribution in [2.75, 3.05) is 19.6 Å². The Morgan fingerprint density at radius 2 is 2.12 bits per heavy atom. The summed E-state index contributed by atoms with van der Waals surface area (Å²) in [6, 6.07) is 0. The molecule has 0 aliphatic heterocycles. The zero-order valence-electron chi connectivity index (χ0n) is 16.1. The second-order valence-electron chi connectivity index (χ2n) is 7.82. The zero-order valence-corrected chi connectivity index (χ0v) is 16.1. The molecule has 1 aromatic heterocycles. The summed E-state index contributed by atoms with van der Waals surface area (Å²) in [6.45, 7) is 5.74. The van der Waals surface area contributed by atoms with Crippen LogP contribution in [0, 0.1) is 24.7 Å². The van der Waals surface area contributed by atoms with Crippen molar-refractivity contribution in [2.45, 2.75) is 58.8 Å². The lowest BCUT2D eigenvalue weighted by atomic mass is 9.62. The predicted octanol–water partition coefficient (Wildman–Crippen LogP) is 2.44. The smallest absolute Gasteiger partial charge is 0.226 e. The highest BCUT2D eigenvalue weighted by Crippen LogP contribution is 2.48. The third-order valence-electron chi connectivity index (χ3n) is 6.27. The molecule has 0 aromatic carbocycles. The van der Waals surface area contributed by atoms with Gasteiger partial charge in [0.15, 0.2) is 0 Å². The molecule has 0 saturated heterocycles. The van der Waals surface area contributed by atoms with E-state index in [1.807, 2.05) is 18.7 Å². The number of nitrogens with zero attached hydrogens (tertiary/aromatic N) is 2. The van der Waals surface area contributed by atoms with Gasteiger partial charge in [0.05, 0.1) is 18.4 Å². The van der Waals surface area contributed by atoms with Gasteiger partial charge in [-0.05, 0) is 38.5 Å². The quantitative estimate of drug-likeness (QED) is 0.784. The first-order valence-electron chi connectivity index (χ1n) is 10.1. The number of nitrogens with one attached hydrogen (secondary N) is 2. The number of imidazole rings is 1. The van der Waals surface area contributed by atoms with E-state index in [1.54, 1.807) is 6.33 Å². The Labute approximate surface area is 156 Å². The van der Waals surface area contributed by atoms with Crippen LogP contribution in [0.2, 0.25) is 0 Å². The second-order valence-corrected chi connectivity index (χ2v) is 7.82. The fourth-order valence-electron chi connectivity index (χ4n) is 4.59. The SMILES string of the molecule is CCN(CCNC(=O)Cc1nc[nH]c1C)C(=O)[C@@H]1C[C@@H]2CCCCC[C@@H]21. The van der Waals surface area contributed by atoms with Crippen molar-refractivity contribution in [1.82, 2.24) is 20.2 Å². The number of likely N-dealkylation sites (N-methyl/N-ethyl adjacent to an activating group) is 1. The molecule has 2 fully saturated rings. The van der Waals surface area contributed by atoms with Gasteiger partial charge in [-0.15, -0.1) is 0 Å². The first kappa shape index (κ1) is 18.9. The van der Waals surface area contributed by atoms with E-state index in [1.165, 1.54) is 32.1 Å². The molecule has 6 heteroatoms. The van der Waals surface area contributed by atoms with Gasteiger partial charge in [0.1, 0.15) is 0 Å². The molecule has 2 N–H and O–H groups in total. The molecule has 0 unspecified atom stereocenters. The highest BCUT2D eigenvalue weighted by atomic mass is 16.2. The molecule has 3 atom stereocenters. The van der Waals surface area contributed by atoms with Gasteiger partial charge >= 0.3 is 0 Å². The van der Waals surface area contributed by atoms with Crippen molar-refractivity contribution in [2.24, 2.45) is 17.8 Å². The third-order valence-corrected chi connectivity index (χ3v) is 6.27. The topological polar surface area (TPSA) is 78.1 Å². The van der Waals surface area contributed by atoms with Crippen LogP contribution in [0.15, 0.2) is 6.33 Å². The minimum absolute atomic E-state index is 0.0452. The van der Waals surface area contributed by atoms with Crippen LogP contribution in [0.5, 0.6) is 0 Å². The molecule has 144 valence electrons. The number of carbonyl (C=O) groups is 2. The van der Waals surface area contributed by atoms with Crippen molar-refractivity contribution >= 4 is 11.8 Å². The van der Waals surface area contributed by atoms with Gasteiger partial charge in [0.2, 0.25) is 11.8 Å². The number of aromatic amines is 1. The van der Waals surface area contributed by atoms with Crippen molar-refractivity contribution in [3.63, 3.8) is 0 Å². The van der Waals surface area contributed by atoms with Crippen LogP contribution in [0.25, 0.3) is 0 Å². The molecule has 26 heavy (non-hydrogen) atoms. The van der Waals surface area contributed by atoms with Crippen LogP contribution in [0.1, 0.15) is 56.8 Å². The average Bonchev–Trinajstić information content (AvgIpc) is 2.91. The summed E-state index contributed by atoms with van der Waals surface area (Å²) in [6.07, 6.45) is 9.43. The molecule has 2 saturated carbocycles. The number of hydrogen-bond donors (Lipinski definition) is 2. The summed E-state index contributed by atoms with van der Waals surface area (Å²) in [5, 5.41) is 2.92. The number of hydrogen-bond acceptors (Lipinski definition) is 3. The monoisotopic (exact) mass is 360 g/mol. The van der Waals surface area contributed by atoms with Gasteiger partial charge in [-0.2, -0.15) is 0 Å². The van der Waals surface area contributed by atoms with Gasteiger partial charge < -0.3 is 15.2 Å². The molecule has 1 aromatic rings. The Bertz CT molecular complexity index is 627.